The molecule has 0 unspecified atom stereocenters. The smallest absolute Gasteiger partial charge is 0.261 e. The van der Waals surface area contributed by atoms with Gasteiger partial charge in [0, 0.05) is 28.5 Å². The molecule has 28 heavy (non-hydrogen) atoms. The number of ketones is 1. The van der Waals surface area contributed by atoms with Crippen molar-refractivity contribution in [1.29, 1.82) is 0 Å². The van der Waals surface area contributed by atoms with Crippen LogP contribution in [0.4, 0.5) is 11.4 Å². The second-order valence-electron chi connectivity index (χ2n) is 5.64. The second-order valence-corrected chi connectivity index (χ2v) is 7.76. The third kappa shape index (κ3) is 4.29. The van der Waals surface area contributed by atoms with Gasteiger partial charge in [0.15, 0.2) is 5.78 Å². The van der Waals surface area contributed by atoms with E-state index in [2.05, 4.69) is 9.71 Å². The summed E-state index contributed by atoms with van der Waals surface area (Å²) in [6, 6.07) is 12.0. The number of benzene rings is 2. The second kappa shape index (κ2) is 7.95. The lowest BCUT2D eigenvalue weighted by atomic mass is 10.0. The molecule has 0 aliphatic rings. The predicted molar refractivity (Wildman–Crippen MR) is 102 cm³/mol. The van der Waals surface area contributed by atoms with Crippen LogP contribution in [0.2, 0.25) is 5.02 Å². The van der Waals surface area contributed by atoms with Crippen LogP contribution >= 0.6 is 11.6 Å². The molecule has 0 amide bonds. The van der Waals surface area contributed by atoms with E-state index in [0.29, 0.717) is 5.56 Å². The minimum absolute atomic E-state index is 0.0148. The van der Waals surface area contributed by atoms with Crippen LogP contribution in [-0.4, -0.2) is 29.6 Å². The van der Waals surface area contributed by atoms with E-state index in [1.807, 2.05) is 0 Å². The average molecular weight is 420 g/mol. The van der Waals surface area contributed by atoms with Crippen molar-refractivity contribution in [2.75, 3.05) is 9.95 Å². The molecule has 3 rings (SSSR count). The van der Waals surface area contributed by atoms with Gasteiger partial charge in [-0.05, 0) is 54.6 Å². The van der Waals surface area contributed by atoms with Crippen LogP contribution < -0.4 is 9.95 Å². The fraction of sp³-hybridized carbons (Fsp3) is 0. The van der Waals surface area contributed by atoms with Gasteiger partial charge in [0.1, 0.15) is 0 Å². The summed E-state index contributed by atoms with van der Waals surface area (Å²) in [5, 5.41) is 18.1. The summed E-state index contributed by atoms with van der Waals surface area (Å²) in [5.41, 5.74) is 0.448. The number of hydrogen-bond acceptors (Lipinski definition) is 7. The van der Waals surface area contributed by atoms with Gasteiger partial charge in [-0.2, -0.15) is 0 Å². The molecular weight excluding hydrogens is 406 g/mol. The Labute approximate surface area is 165 Å². The van der Waals surface area contributed by atoms with E-state index in [9.17, 15) is 13.2 Å². The van der Waals surface area contributed by atoms with Crippen LogP contribution in [0.5, 0.6) is 0 Å². The van der Waals surface area contributed by atoms with Crippen molar-refractivity contribution in [2.45, 2.75) is 4.90 Å². The Hall–Kier alpha value is -2.98. The van der Waals surface area contributed by atoms with Crippen molar-refractivity contribution in [3.8, 4) is 0 Å². The number of pyridine rings is 1. The highest BCUT2D eigenvalue weighted by atomic mass is 35.5. The fourth-order valence-corrected chi connectivity index (χ4v) is 3.67. The molecule has 0 saturated heterocycles. The largest absolute Gasteiger partial charge is 0.289 e. The molecule has 3 aromatic rings. The van der Waals surface area contributed by atoms with Gasteiger partial charge < -0.3 is 0 Å². The number of hydrogen-bond donors (Lipinski definition) is 3. The molecule has 0 aliphatic carbocycles. The van der Waals surface area contributed by atoms with Crippen LogP contribution in [0.1, 0.15) is 15.9 Å². The minimum Gasteiger partial charge on any atom is -0.289 e. The van der Waals surface area contributed by atoms with Gasteiger partial charge in [0.2, 0.25) is 0 Å². The Morgan fingerprint density at radius 2 is 1.64 bits per heavy atom. The molecule has 2 aromatic carbocycles. The zero-order valence-corrected chi connectivity index (χ0v) is 15.7. The van der Waals surface area contributed by atoms with Crippen molar-refractivity contribution >= 4 is 38.8 Å². The average Bonchev–Trinajstić information content (AvgIpc) is 2.69. The maximum Gasteiger partial charge on any atom is 0.261 e. The van der Waals surface area contributed by atoms with E-state index < -0.39 is 15.8 Å². The molecule has 0 aliphatic heterocycles. The summed E-state index contributed by atoms with van der Waals surface area (Å²) in [6.45, 7) is 0. The molecule has 0 bridgehead atoms. The monoisotopic (exact) mass is 419 g/mol. The van der Waals surface area contributed by atoms with E-state index in [4.69, 9.17) is 22.0 Å². The van der Waals surface area contributed by atoms with Gasteiger partial charge in [-0.1, -0.05) is 11.6 Å². The molecule has 0 saturated carbocycles. The van der Waals surface area contributed by atoms with Crippen LogP contribution in [0, 0.1) is 0 Å². The topological polar surface area (TPSA) is 120 Å². The molecule has 1 heterocycles. The van der Waals surface area contributed by atoms with Gasteiger partial charge in [-0.3, -0.25) is 24.9 Å². The minimum atomic E-state index is -4.05. The first-order chi connectivity index (χ1) is 13.3. The Morgan fingerprint density at radius 3 is 2.25 bits per heavy atom. The Bertz CT molecular complexity index is 1100. The number of carbonyl (C=O) groups is 1. The normalized spacial score (nSPS) is 11.1. The number of sulfonamides is 1. The first-order valence-corrected chi connectivity index (χ1v) is 9.69. The lowest BCUT2D eigenvalue weighted by Gasteiger charge is -2.13. The third-order valence-corrected chi connectivity index (χ3v) is 5.41. The summed E-state index contributed by atoms with van der Waals surface area (Å²) in [5.74, 6) is -0.422. The summed E-state index contributed by atoms with van der Waals surface area (Å²) < 4.78 is 27.7. The SMILES string of the molecule is O=C(c1ccncc1)c1cc(Cl)ccc1NS(=O)(=O)c1ccc(N(O)O)cc1. The number of halogens is 1. The fourth-order valence-electron chi connectivity index (χ4n) is 2.41. The lowest BCUT2D eigenvalue weighted by Crippen LogP contribution is -2.16. The molecule has 8 nitrogen and oxygen atoms in total. The quantitative estimate of drug-likeness (QED) is 0.414. The van der Waals surface area contributed by atoms with Crippen molar-refractivity contribution < 1.29 is 23.6 Å². The first kappa shape index (κ1) is 19.8. The van der Waals surface area contributed by atoms with Crippen molar-refractivity contribution in [3.63, 3.8) is 0 Å². The number of rotatable bonds is 6. The molecular formula is C18H14ClN3O5S. The van der Waals surface area contributed by atoms with Crippen molar-refractivity contribution in [3.05, 3.63) is 83.1 Å². The number of anilines is 2. The van der Waals surface area contributed by atoms with Crippen LogP contribution in [0.3, 0.4) is 0 Å². The summed E-state index contributed by atoms with van der Waals surface area (Å²) >= 11 is 5.99. The highest BCUT2D eigenvalue weighted by Gasteiger charge is 2.20. The number of carbonyl (C=O) groups excluding carboxylic acids is 1. The maximum atomic E-state index is 12.8. The summed E-state index contributed by atoms with van der Waals surface area (Å²) in [4.78, 5) is 16.5. The van der Waals surface area contributed by atoms with Crippen LogP contribution in [0.25, 0.3) is 0 Å². The summed E-state index contributed by atoms with van der Waals surface area (Å²) in [7, 11) is -4.05. The molecule has 0 atom stereocenters. The third-order valence-electron chi connectivity index (χ3n) is 3.79. The molecule has 0 spiro atoms. The standard InChI is InChI=1S/C18H14ClN3O5S/c19-13-1-6-17(16(11-13)18(23)12-7-9-20-10-8-12)21-28(26,27)15-4-2-14(3-5-15)22(24)25/h1-11,21,24-25H. The Kier molecular flexibility index (Phi) is 5.61. The zero-order valence-electron chi connectivity index (χ0n) is 14.2. The summed E-state index contributed by atoms with van der Waals surface area (Å²) in [6.07, 6.45) is 2.91. The van der Waals surface area contributed by atoms with Crippen LogP contribution in [0.15, 0.2) is 71.9 Å². The Morgan fingerprint density at radius 1 is 1.00 bits per heavy atom. The zero-order chi connectivity index (χ0) is 20.3. The van der Waals surface area contributed by atoms with E-state index in [1.165, 1.54) is 67.0 Å². The highest BCUT2D eigenvalue weighted by molar-refractivity contribution is 7.92. The molecule has 0 fully saturated rings. The van der Waals surface area contributed by atoms with E-state index in [-0.39, 0.29) is 32.1 Å². The number of nitrogens with zero attached hydrogens (tertiary/aromatic N) is 2. The first-order valence-electron chi connectivity index (χ1n) is 7.83. The number of aromatic nitrogens is 1. The van der Waals surface area contributed by atoms with E-state index in [0.717, 1.165) is 0 Å². The van der Waals surface area contributed by atoms with Gasteiger partial charge in [-0.15, -0.1) is 5.23 Å². The molecule has 3 N–H and O–H groups in total. The Balaban J connectivity index is 1.97. The van der Waals surface area contributed by atoms with Crippen molar-refractivity contribution in [1.82, 2.24) is 4.98 Å². The van der Waals surface area contributed by atoms with Gasteiger partial charge in [-0.25, -0.2) is 8.42 Å². The van der Waals surface area contributed by atoms with E-state index >= 15 is 0 Å². The van der Waals surface area contributed by atoms with Gasteiger partial charge in [0.05, 0.1) is 16.3 Å². The highest BCUT2D eigenvalue weighted by Crippen LogP contribution is 2.26. The molecule has 144 valence electrons. The number of nitrogens with one attached hydrogen (secondary N) is 1. The van der Waals surface area contributed by atoms with Crippen LogP contribution in [-0.2, 0) is 10.0 Å². The van der Waals surface area contributed by atoms with Gasteiger partial charge >= 0.3 is 0 Å². The maximum absolute atomic E-state index is 12.8. The van der Waals surface area contributed by atoms with Crippen molar-refractivity contribution in [2.24, 2.45) is 0 Å². The molecule has 10 heteroatoms. The predicted octanol–water partition coefficient (Wildman–Crippen LogP) is 3.35. The van der Waals surface area contributed by atoms with E-state index in [1.54, 1.807) is 0 Å². The molecule has 0 radical (unpaired) electrons. The molecule has 1 aromatic heterocycles. The van der Waals surface area contributed by atoms with Gasteiger partial charge in [0.25, 0.3) is 10.0 Å². The lowest BCUT2D eigenvalue weighted by molar-refractivity contribution is 0.0291.